The fraction of sp³-hybridized carbons (Fsp3) is 0.462. The molecule has 3 rings (SSSR count). The number of aryl methyl sites for hydroxylation is 1. The van der Waals surface area contributed by atoms with Gasteiger partial charge in [0.2, 0.25) is 0 Å². The zero-order valence-electron chi connectivity index (χ0n) is 9.78. The van der Waals surface area contributed by atoms with Crippen molar-refractivity contribution >= 4 is 11.3 Å². The van der Waals surface area contributed by atoms with E-state index in [1.54, 1.807) is 0 Å². The number of fused-ring (bicyclic) bond motifs is 1. The number of thiophene rings is 1. The number of rotatable bonds is 4. The lowest BCUT2D eigenvalue weighted by Gasteiger charge is -2.22. The molecule has 0 saturated heterocycles. The highest BCUT2D eigenvalue weighted by molar-refractivity contribution is 7.09. The van der Waals surface area contributed by atoms with Gasteiger partial charge >= 0.3 is 0 Å². The zero-order valence-corrected chi connectivity index (χ0v) is 10.6. The molecule has 2 aromatic rings. The third-order valence-electron chi connectivity index (χ3n) is 3.40. The quantitative estimate of drug-likeness (QED) is 0.869. The van der Waals surface area contributed by atoms with Crippen LogP contribution >= 0.6 is 11.3 Å². The monoisotopic (exact) mass is 247 g/mol. The van der Waals surface area contributed by atoms with Crippen molar-refractivity contribution in [3.05, 3.63) is 39.8 Å². The first-order chi connectivity index (χ1) is 8.42. The van der Waals surface area contributed by atoms with Gasteiger partial charge in [-0.25, -0.2) is 0 Å². The van der Waals surface area contributed by atoms with Crippen LogP contribution in [0.5, 0.6) is 0 Å². The van der Waals surface area contributed by atoms with Gasteiger partial charge in [-0.2, -0.15) is 5.10 Å². The molecule has 0 saturated carbocycles. The molecule has 3 nitrogen and oxygen atoms in total. The molecule has 17 heavy (non-hydrogen) atoms. The van der Waals surface area contributed by atoms with Gasteiger partial charge in [0.15, 0.2) is 0 Å². The summed E-state index contributed by atoms with van der Waals surface area (Å²) in [5.41, 5.74) is 2.73. The number of hydrogen-bond donors (Lipinski definition) is 2. The van der Waals surface area contributed by atoms with Crippen LogP contribution in [0, 0.1) is 0 Å². The number of nitrogens with one attached hydrogen (secondary N) is 2. The lowest BCUT2D eigenvalue weighted by Crippen LogP contribution is -2.35. The van der Waals surface area contributed by atoms with E-state index in [4.69, 9.17) is 0 Å². The van der Waals surface area contributed by atoms with E-state index in [2.05, 4.69) is 33.0 Å². The molecule has 0 aliphatic heterocycles. The Balaban J connectivity index is 1.48. The Labute approximate surface area is 105 Å². The lowest BCUT2D eigenvalue weighted by molar-refractivity contribution is 0.460. The van der Waals surface area contributed by atoms with Gasteiger partial charge in [0.1, 0.15) is 0 Å². The van der Waals surface area contributed by atoms with Crippen molar-refractivity contribution in [3.63, 3.8) is 0 Å². The highest BCUT2D eigenvalue weighted by Crippen LogP contribution is 2.18. The lowest BCUT2D eigenvalue weighted by atomic mass is 9.93. The average molecular weight is 247 g/mol. The van der Waals surface area contributed by atoms with Crippen molar-refractivity contribution in [1.82, 2.24) is 15.5 Å². The fourth-order valence-electron chi connectivity index (χ4n) is 2.44. The summed E-state index contributed by atoms with van der Waals surface area (Å²) >= 11 is 1.84. The van der Waals surface area contributed by atoms with Gasteiger partial charge in [-0.05, 0) is 42.7 Å². The topological polar surface area (TPSA) is 40.7 Å². The van der Waals surface area contributed by atoms with Crippen LogP contribution in [0.2, 0.25) is 0 Å². The van der Waals surface area contributed by atoms with Crippen LogP contribution in [0.1, 0.15) is 22.6 Å². The Morgan fingerprint density at radius 1 is 1.53 bits per heavy atom. The van der Waals surface area contributed by atoms with E-state index in [0.717, 1.165) is 25.8 Å². The number of aromatic nitrogens is 2. The van der Waals surface area contributed by atoms with Crippen LogP contribution in [0.25, 0.3) is 0 Å². The minimum atomic E-state index is 0.625. The van der Waals surface area contributed by atoms with Crippen molar-refractivity contribution in [1.29, 1.82) is 0 Å². The van der Waals surface area contributed by atoms with Gasteiger partial charge in [0, 0.05) is 23.2 Å². The second-order valence-electron chi connectivity index (χ2n) is 4.60. The summed E-state index contributed by atoms with van der Waals surface area (Å²) in [7, 11) is 0. The molecule has 0 aromatic carbocycles. The summed E-state index contributed by atoms with van der Waals surface area (Å²) in [6.45, 7) is 1.08. The van der Waals surface area contributed by atoms with Crippen molar-refractivity contribution in [2.75, 3.05) is 6.54 Å². The summed E-state index contributed by atoms with van der Waals surface area (Å²) in [4.78, 5) is 1.47. The van der Waals surface area contributed by atoms with E-state index in [-0.39, 0.29) is 0 Å². The van der Waals surface area contributed by atoms with E-state index in [1.807, 2.05) is 17.5 Å². The van der Waals surface area contributed by atoms with E-state index in [0.29, 0.717) is 6.04 Å². The molecular weight excluding hydrogens is 230 g/mol. The normalized spacial score (nSPS) is 19.2. The van der Waals surface area contributed by atoms with Gasteiger partial charge in [0.25, 0.3) is 0 Å². The van der Waals surface area contributed by atoms with Crippen molar-refractivity contribution in [3.8, 4) is 0 Å². The molecule has 2 aromatic heterocycles. The third kappa shape index (κ3) is 2.58. The first-order valence-corrected chi connectivity index (χ1v) is 7.06. The molecule has 1 aliphatic carbocycles. The Morgan fingerprint density at radius 2 is 2.53 bits per heavy atom. The maximum atomic E-state index is 4.11. The van der Waals surface area contributed by atoms with Crippen LogP contribution in [-0.2, 0) is 19.3 Å². The summed E-state index contributed by atoms with van der Waals surface area (Å²) in [6, 6.07) is 4.96. The van der Waals surface area contributed by atoms with Crippen LogP contribution < -0.4 is 5.32 Å². The highest BCUT2D eigenvalue weighted by atomic mass is 32.1. The number of hydrogen-bond acceptors (Lipinski definition) is 3. The van der Waals surface area contributed by atoms with E-state index >= 15 is 0 Å². The Hall–Kier alpha value is -1.13. The summed E-state index contributed by atoms with van der Waals surface area (Å²) in [5.74, 6) is 0. The highest BCUT2D eigenvalue weighted by Gasteiger charge is 2.19. The van der Waals surface area contributed by atoms with Crippen LogP contribution in [-0.4, -0.2) is 22.8 Å². The van der Waals surface area contributed by atoms with Crippen molar-refractivity contribution in [2.24, 2.45) is 0 Å². The maximum absolute atomic E-state index is 4.11. The average Bonchev–Trinajstić information content (AvgIpc) is 2.98. The summed E-state index contributed by atoms with van der Waals surface area (Å²) in [6.07, 6.45) is 6.59. The van der Waals surface area contributed by atoms with Gasteiger partial charge in [-0.15, -0.1) is 11.3 Å². The van der Waals surface area contributed by atoms with Gasteiger partial charge < -0.3 is 5.32 Å². The first kappa shape index (κ1) is 11.0. The second kappa shape index (κ2) is 5.02. The summed E-state index contributed by atoms with van der Waals surface area (Å²) < 4.78 is 0. The third-order valence-corrected chi connectivity index (χ3v) is 4.34. The smallest absolute Gasteiger partial charge is 0.0522 e. The van der Waals surface area contributed by atoms with Crippen molar-refractivity contribution < 1.29 is 0 Å². The van der Waals surface area contributed by atoms with Crippen LogP contribution in [0.4, 0.5) is 0 Å². The molecule has 90 valence electrons. The predicted molar refractivity (Wildman–Crippen MR) is 70.4 cm³/mol. The molecule has 0 spiro atoms. The maximum Gasteiger partial charge on any atom is 0.0522 e. The molecule has 0 bridgehead atoms. The minimum absolute atomic E-state index is 0.625. The molecule has 0 amide bonds. The predicted octanol–water partition coefficient (Wildman–Crippen LogP) is 2.16. The largest absolute Gasteiger partial charge is 0.313 e. The van der Waals surface area contributed by atoms with E-state index in [9.17, 15) is 0 Å². The molecule has 0 fully saturated rings. The molecule has 1 unspecified atom stereocenters. The molecule has 2 heterocycles. The van der Waals surface area contributed by atoms with Crippen molar-refractivity contribution in [2.45, 2.75) is 31.7 Å². The Bertz CT molecular complexity index is 461. The molecular formula is C13H17N3S. The first-order valence-electron chi connectivity index (χ1n) is 6.19. The zero-order chi connectivity index (χ0) is 11.5. The molecule has 2 N–H and O–H groups in total. The SMILES string of the molecule is c1csc(CCNC2CCc3[nH]ncc3C2)c1. The summed E-state index contributed by atoms with van der Waals surface area (Å²) in [5, 5.41) is 13.0. The number of H-pyrrole nitrogens is 1. The number of aromatic amines is 1. The molecule has 4 heteroatoms. The fourth-order valence-corrected chi connectivity index (χ4v) is 3.15. The molecule has 1 atom stereocenters. The van der Waals surface area contributed by atoms with Gasteiger partial charge in [-0.1, -0.05) is 6.07 Å². The molecule has 0 radical (unpaired) electrons. The van der Waals surface area contributed by atoms with Crippen LogP contribution in [0.3, 0.4) is 0 Å². The standard InChI is InChI=1S/C13H17N3S/c1-2-12(17-7-1)5-6-14-11-3-4-13-10(8-11)9-15-16-13/h1-2,7,9,11,14H,3-6,8H2,(H,15,16). The number of nitrogens with zero attached hydrogens (tertiary/aromatic N) is 1. The minimum Gasteiger partial charge on any atom is -0.313 e. The van der Waals surface area contributed by atoms with E-state index in [1.165, 1.54) is 22.6 Å². The molecule has 1 aliphatic rings. The second-order valence-corrected chi connectivity index (χ2v) is 5.63. The Kier molecular flexibility index (Phi) is 3.25. The van der Waals surface area contributed by atoms with E-state index < -0.39 is 0 Å². The Morgan fingerprint density at radius 3 is 3.41 bits per heavy atom. The van der Waals surface area contributed by atoms with Gasteiger partial charge in [-0.3, -0.25) is 5.10 Å². The van der Waals surface area contributed by atoms with Gasteiger partial charge in [0.05, 0.1) is 6.20 Å². The van der Waals surface area contributed by atoms with Crippen LogP contribution in [0.15, 0.2) is 23.7 Å².